The van der Waals surface area contributed by atoms with Gasteiger partial charge in [-0.2, -0.15) is 0 Å². The summed E-state index contributed by atoms with van der Waals surface area (Å²) in [5.41, 5.74) is 0. The molecular weight excluding hydrogens is 308 g/mol. The predicted octanol–water partition coefficient (Wildman–Crippen LogP) is 1.88. The summed E-state index contributed by atoms with van der Waals surface area (Å²) >= 11 is 0. The molecule has 24 heavy (non-hydrogen) atoms. The third-order valence-corrected chi connectivity index (χ3v) is 5.87. The van der Waals surface area contributed by atoms with Gasteiger partial charge in [0.05, 0.1) is 5.92 Å². The summed E-state index contributed by atoms with van der Waals surface area (Å²) in [6.45, 7) is 1.98. The summed E-state index contributed by atoms with van der Waals surface area (Å²) < 4.78 is 0. The topological polar surface area (TPSA) is 77.9 Å². The maximum absolute atomic E-state index is 12.8. The Morgan fingerprint density at radius 3 is 2.54 bits per heavy atom. The van der Waals surface area contributed by atoms with Gasteiger partial charge in [0, 0.05) is 38.5 Å². The summed E-state index contributed by atoms with van der Waals surface area (Å²) in [4.78, 5) is 39.7. The number of rotatable bonds is 5. The van der Waals surface area contributed by atoms with Gasteiger partial charge < -0.3 is 14.9 Å². The standard InChI is InChI=1S/C18H28N2O4/c21-16-10-14(12-20(16)15-5-1-2-6-15)18(24)19-9-3-4-13(11-19)7-8-17(22)23/h13-15H,1-12H2,(H,22,23)/t13-,14+/m0/s1. The number of aliphatic carboxylic acids is 1. The van der Waals surface area contributed by atoms with E-state index in [0.717, 1.165) is 32.2 Å². The van der Waals surface area contributed by atoms with Gasteiger partial charge in [-0.15, -0.1) is 0 Å². The average Bonchev–Trinajstić information content (AvgIpc) is 3.21. The van der Waals surface area contributed by atoms with Crippen molar-refractivity contribution in [1.29, 1.82) is 0 Å². The predicted molar refractivity (Wildman–Crippen MR) is 88.2 cm³/mol. The molecule has 2 amide bonds. The largest absolute Gasteiger partial charge is 0.481 e. The molecule has 6 nitrogen and oxygen atoms in total. The lowest BCUT2D eigenvalue weighted by molar-refractivity contribution is -0.138. The minimum atomic E-state index is -0.771. The first-order valence-corrected chi connectivity index (χ1v) is 9.34. The van der Waals surface area contributed by atoms with Crippen LogP contribution in [0.5, 0.6) is 0 Å². The molecule has 3 aliphatic rings. The van der Waals surface area contributed by atoms with E-state index in [0.29, 0.717) is 32.0 Å². The highest BCUT2D eigenvalue weighted by molar-refractivity contribution is 5.89. The van der Waals surface area contributed by atoms with Gasteiger partial charge in [0.2, 0.25) is 11.8 Å². The molecule has 1 saturated carbocycles. The van der Waals surface area contributed by atoms with Crippen molar-refractivity contribution in [2.75, 3.05) is 19.6 Å². The van der Waals surface area contributed by atoms with Gasteiger partial charge in [0.15, 0.2) is 0 Å². The first-order chi connectivity index (χ1) is 11.5. The molecule has 0 aromatic rings. The first kappa shape index (κ1) is 17.2. The fourth-order valence-electron chi connectivity index (χ4n) is 4.55. The molecule has 2 saturated heterocycles. The third-order valence-electron chi connectivity index (χ3n) is 5.87. The summed E-state index contributed by atoms with van der Waals surface area (Å²) in [5, 5.41) is 8.83. The van der Waals surface area contributed by atoms with E-state index in [-0.39, 0.29) is 30.1 Å². The molecule has 6 heteroatoms. The van der Waals surface area contributed by atoms with Crippen LogP contribution in [0.4, 0.5) is 0 Å². The van der Waals surface area contributed by atoms with Crippen LogP contribution in [0, 0.1) is 11.8 Å². The average molecular weight is 336 g/mol. The molecule has 134 valence electrons. The van der Waals surface area contributed by atoms with Crippen molar-refractivity contribution in [2.45, 2.75) is 63.8 Å². The number of nitrogens with zero attached hydrogens (tertiary/aromatic N) is 2. The normalized spacial score (nSPS) is 28.6. The van der Waals surface area contributed by atoms with Crippen LogP contribution < -0.4 is 0 Å². The van der Waals surface area contributed by atoms with Crippen LogP contribution in [0.3, 0.4) is 0 Å². The van der Waals surface area contributed by atoms with Gasteiger partial charge in [-0.3, -0.25) is 14.4 Å². The van der Waals surface area contributed by atoms with Gasteiger partial charge in [-0.25, -0.2) is 0 Å². The number of hydrogen-bond acceptors (Lipinski definition) is 3. The molecule has 2 heterocycles. The molecule has 3 rings (SSSR count). The molecule has 2 atom stereocenters. The molecule has 0 aromatic heterocycles. The van der Waals surface area contributed by atoms with Crippen LogP contribution in [-0.4, -0.2) is 58.4 Å². The molecular formula is C18H28N2O4. The quantitative estimate of drug-likeness (QED) is 0.831. The Labute approximate surface area is 143 Å². The monoisotopic (exact) mass is 336 g/mol. The minimum Gasteiger partial charge on any atom is -0.481 e. The summed E-state index contributed by atoms with van der Waals surface area (Å²) in [7, 11) is 0. The third kappa shape index (κ3) is 3.90. The first-order valence-electron chi connectivity index (χ1n) is 9.34. The maximum Gasteiger partial charge on any atom is 0.303 e. The van der Waals surface area contributed by atoms with Crippen molar-refractivity contribution in [2.24, 2.45) is 11.8 Å². The van der Waals surface area contributed by atoms with Crippen LogP contribution in [0.25, 0.3) is 0 Å². The van der Waals surface area contributed by atoms with Crippen LogP contribution in [0.15, 0.2) is 0 Å². The van der Waals surface area contributed by atoms with Gasteiger partial charge in [0.1, 0.15) is 0 Å². The zero-order valence-electron chi connectivity index (χ0n) is 14.3. The molecule has 0 bridgehead atoms. The van der Waals surface area contributed by atoms with Gasteiger partial charge in [-0.1, -0.05) is 12.8 Å². The van der Waals surface area contributed by atoms with E-state index in [1.165, 1.54) is 12.8 Å². The number of carbonyl (C=O) groups is 3. The Morgan fingerprint density at radius 2 is 1.83 bits per heavy atom. The second-order valence-electron chi connectivity index (χ2n) is 7.61. The number of likely N-dealkylation sites (tertiary alicyclic amines) is 2. The number of hydrogen-bond donors (Lipinski definition) is 1. The van der Waals surface area contributed by atoms with E-state index in [9.17, 15) is 14.4 Å². The lowest BCUT2D eigenvalue weighted by Crippen LogP contribution is -2.44. The van der Waals surface area contributed by atoms with Crippen molar-refractivity contribution in [3.05, 3.63) is 0 Å². The van der Waals surface area contributed by atoms with Gasteiger partial charge >= 0.3 is 5.97 Å². The Kier molecular flexibility index (Phi) is 5.41. The van der Waals surface area contributed by atoms with Crippen molar-refractivity contribution in [3.63, 3.8) is 0 Å². The van der Waals surface area contributed by atoms with Crippen LogP contribution in [-0.2, 0) is 14.4 Å². The summed E-state index contributed by atoms with van der Waals surface area (Å²) in [5.74, 6) is -0.450. The van der Waals surface area contributed by atoms with Crippen LogP contribution >= 0.6 is 0 Å². The van der Waals surface area contributed by atoms with Crippen molar-refractivity contribution in [1.82, 2.24) is 9.80 Å². The Bertz CT molecular complexity index is 501. The smallest absolute Gasteiger partial charge is 0.303 e. The van der Waals surface area contributed by atoms with E-state index >= 15 is 0 Å². The Balaban J connectivity index is 1.54. The number of carboxylic acids is 1. The summed E-state index contributed by atoms with van der Waals surface area (Å²) in [6.07, 6.45) is 7.61. The highest BCUT2D eigenvalue weighted by Gasteiger charge is 2.40. The lowest BCUT2D eigenvalue weighted by Gasteiger charge is -2.34. The van der Waals surface area contributed by atoms with Crippen LogP contribution in [0.2, 0.25) is 0 Å². The van der Waals surface area contributed by atoms with Crippen molar-refractivity contribution in [3.8, 4) is 0 Å². The number of piperidine rings is 1. The highest BCUT2D eigenvalue weighted by Crippen LogP contribution is 2.31. The molecule has 0 spiro atoms. The van der Waals surface area contributed by atoms with E-state index in [1.807, 2.05) is 9.80 Å². The highest BCUT2D eigenvalue weighted by atomic mass is 16.4. The zero-order valence-corrected chi connectivity index (χ0v) is 14.3. The molecule has 1 aliphatic carbocycles. The minimum absolute atomic E-state index is 0.101. The Morgan fingerprint density at radius 1 is 1.08 bits per heavy atom. The van der Waals surface area contributed by atoms with Crippen molar-refractivity contribution >= 4 is 17.8 Å². The summed E-state index contributed by atoms with van der Waals surface area (Å²) in [6, 6.07) is 0.347. The second kappa shape index (κ2) is 7.53. The van der Waals surface area contributed by atoms with E-state index in [2.05, 4.69) is 0 Å². The Hall–Kier alpha value is -1.59. The molecule has 1 N–H and O–H groups in total. The fourth-order valence-corrected chi connectivity index (χ4v) is 4.55. The molecule has 0 unspecified atom stereocenters. The fraction of sp³-hybridized carbons (Fsp3) is 0.833. The van der Waals surface area contributed by atoms with Crippen molar-refractivity contribution < 1.29 is 19.5 Å². The van der Waals surface area contributed by atoms with Crippen LogP contribution in [0.1, 0.15) is 57.8 Å². The number of carbonyl (C=O) groups excluding carboxylic acids is 2. The maximum atomic E-state index is 12.8. The van der Waals surface area contributed by atoms with E-state index in [4.69, 9.17) is 5.11 Å². The van der Waals surface area contributed by atoms with Gasteiger partial charge in [-0.05, 0) is 38.0 Å². The molecule has 0 radical (unpaired) electrons. The van der Waals surface area contributed by atoms with E-state index < -0.39 is 5.97 Å². The SMILES string of the molecule is O=C(O)CC[C@@H]1CCCN(C(=O)[C@@H]2CC(=O)N(C3CCCC3)C2)C1. The van der Waals surface area contributed by atoms with E-state index in [1.54, 1.807) is 0 Å². The molecule has 0 aromatic carbocycles. The lowest BCUT2D eigenvalue weighted by atomic mass is 9.92. The van der Waals surface area contributed by atoms with Gasteiger partial charge in [0.25, 0.3) is 0 Å². The zero-order chi connectivity index (χ0) is 17.1. The second-order valence-corrected chi connectivity index (χ2v) is 7.61. The number of amides is 2. The number of carboxylic acid groups (broad SMARTS) is 1. The molecule has 2 aliphatic heterocycles. The molecule has 3 fully saturated rings.